The summed E-state index contributed by atoms with van der Waals surface area (Å²) < 4.78 is 0. The Morgan fingerprint density at radius 1 is 1.50 bits per heavy atom. The van der Waals surface area contributed by atoms with E-state index >= 15 is 0 Å². The lowest BCUT2D eigenvalue weighted by atomic mass is 9.87. The first-order valence-electron chi connectivity index (χ1n) is 4.64. The number of rotatable bonds is 2. The Balaban J connectivity index is 3.02. The molecule has 1 aromatic heterocycles. The molecule has 0 unspecified atom stereocenters. The van der Waals surface area contributed by atoms with Crippen molar-refractivity contribution in [1.82, 2.24) is 4.98 Å². The van der Waals surface area contributed by atoms with Crippen LogP contribution < -0.4 is 5.73 Å². The Kier molecular flexibility index (Phi) is 2.89. The van der Waals surface area contributed by atoms with Gasteiger partial charge >= 0.3 is 0 Å². The predicted molar refractivity (Wildman–Crippen MR) is 55.9 cm³/mol. The van der Waals surface area contributed by atoms with E-state index in [1.807, 2.05) is 12.1 Å². The fraction of sp³-hybridized carbons (Fsp3) is 0.455. The highest BCUT2D eigenvalue weighted by Crippen LogP contribution is 2.21. The number of carbonyl (C=O) groups is 1. The van der Waals surface area contributed by atoms with Crippen LogP contribution in [0.5, 0.6) is 0 Å². The average Bonchev–Trinajstić information content (AvgIpc) is 2.01. The van der Waals surface area contributed by atoms with Crippen LogP contribution in [0.1, 0.15) is 36.8 Å². The lowest BCUT2D eigenvalue weighted by Crippen LogP contribution is -2.19. The molecule has 0 spiro atoms. The fourth-order valence-electron chi connectivity index (χ4n) is 1.37. The molecule has 3 nitrogen and oxygen atoms in total. The minimum absolute atomic E-state index is 0.132. The maximum Gasteiger partial charge on any atom is 0.267 e. The monoisotopic (exact) mass is 192 g/mol. The van der Waals surface area contributed by atoms with Crippen LogP contribution in [-0.2, 0) is 6.42 Å². The Labute approximate surface area is 84.3 Å². The Morgan fingerprint density at radius 3 is 2.64 bits per heavy atom. The Bertz CT molecular complexity index is 339. The van der Waals surface area contributed by atoms with E-state index in [1.54, 1.807) is 6.20 Å². The number of hydrogen-bond donors (Lipinski definition) is 1. The van der Waals surface area contributed by atoms with Crippen LogP contribution in [0.15, 0.2) is 18.3 Å². The third kappa shape index (κ3) is 2.83. The Hall–Kier alpha value is -1.38. The van der Waals surface area contributed by atoms with Gasteiger partial charge in [0, 0.05) is 6.20 Å². The van der Waals surface area contributed by atoms with Gasteiger partial charge in [0.15, 0.2) is 0 Å². The molecule has 3 heteroatoms. The minimum atomic E-state index is -0.454. The van der Waals surface area contributed by atoms with Gasteiger partial charge in [-0.3, -0.25) is 9.78 Å². The van der Waals surface area contributed by atoms with Gasteiger partial charge < -0.3 is 5.73 Å². The van der Waals surface area contributed by atoms with Gasteiger partial charge in [-0.1, -0.05) is 26.8 Å². The standard InChI is InChI=1S/C11H16N2O/c1-11(2,3)7-8-5-4-6-13-9(8)10(12)14/h4-6H,7H2,1-3H3,(H2,12,14). The van der Waals surface area contributed by atoms with Crippen LogP contribution >= 0.6 is 0 Å². The number of carbonyl (C=O) groups excluding carboxylic acids is 1. The predicted octanol–water partition coefficient (Wildman–Crippen LogP) is 1.77. The molecule has 1 aromatic rings. The fourth-order valence-corrected chi connectivity index (χ4v) is 1.37. The zero-order valence-electron chi connectivity index (χ0n) is 8.87. The molecule has 0 bridgehead atoms. The molecular formula is C11H16N2O. The number of nitrogens with two attached hydrogens (primary N) is 1. The molecule has 2 N–H and O–H groups in total. The van der Waals surface area contributed by atoms with Crippen molar-refractivity contribution < 1.29 is 4.79 Å². The second kappa shape index (κ2) is 3.78. The summed E-state index contributed by atoms with van der Waals surface area (Å²) in [7, 11) is 0. The number of primary amides is 1. The maximum absolute atomic E-state index is 11.1. The van der Waals surface area contributed by atoms with Gasteiger partial charge in [0.25, 0.3) is 5.91 Å². The van der Waals surface area contributed by atoms with E-state index < -0.39 is 5.91 Å². The van der Waals surface area contributed by atoms with Crippen LogP contribution in [0.2, 0.25) is 0 Å². The summed E-state index contributed by atoms with van der Waals surface area (Å²) in [5, 5.41) is 0. The van der Waals surface area contributed by atoms with Crippen LogP contribution in [0.4, 0.5) is 0 Å². The van der Waals surface area contributed by atoms with Gasteiger partial charge in [0.1, 0.15) is 5.69 Å². The molecule has 0 radical (unpaired) electrons. The molecule has 0 saturated heterocycles. The lowest BCUT2D eigenvalue weighted by molar-refractivity contribution is 0.0994. The number of hydrogen-bond acceptors (Lipinski definition) is 2. The van der Waals surface area contributed by atoms with E-state index in [0.29, 0.717) is 5.69 Å². The summed E-state index contributed by atoms with van der Waals surface area (Å²) in [6.07, 6.45) is 2.39. The number of nitrogens with zero attached hydrogens (tertiary/aromatic N) is 1. The van der Waals surface area contributed by atoms with E-state index in [0.717, 1.165) is 12.0 Å². The summed E-state index contributed by atoms with van der Waals surface area (Å²) in [5.74, 6) is -0.454. The SMILES string of the molecule is CC(C)(C)Cc1cccnc1C(N)=O. The van der Waals surface area contributed by atoms with Crippen molar-refractivity contribution in [2.75, 3.05) is 0 Å². The van der Waals surface area contributed by atoms with Gasteiger partial charge in [0.05, 0.1) is 0 Å². The highest BCUT2D eigenvalue weighted by atomic mass is 16.1. The van der Waals surface area contributed by atoms with Crippen molar-refractivity contribution in [2.24, 2.45) is 11.1 Å². The highest BCUT2D eigenvalue weighted by Gasteiger charge is 2.16. The van der Waals surface area contributed by atoms with Crippen molar-refractivity contribution in [2.45, 2.75) is 27.2 Å². The largest absolute Gasteiger partial charge is 0.364 e. The molecule has 0 atom stereocenters. The van der Waals surface area contributed by atoms with Gasteiger partial charge in [-0.05, 0) is 23.5 Å². The summed E-state index contributed by atoms with van der Waals surface area (Å²) in [6.45, 7) is 6.35. The van der Waals surface area contributed by atoms with Gasteiger partial charge in [-0.15, -0.1) is 0 Å². The van der Waals surface area contributed by atoms with E-state index in [-0.39, 0.29) is 5.41 Å². The van der Waals surface area contributed by atoms with Crippen molar-refractivity contribution in [3.8, 4) is 0 Å². The normalized spacial score (nSPS) is 11.4. The molecule has 1 amide bonds. The first kappa shape index (κ1) is 10.7. The second-order valence-corrected chi connectivity index (χ2v) is 4.61. The van der Waals surface area contributed by atoms with Crippen LogP contribution in [0.3, 0.4) is 0 Å². The summed E-state index contributed by atoms with van der Waals surface area (Å²) in [6, 6.07) is 3.73. The molecule has 0 aliphatic carbocycles. The van der Waals surface area contributed by atoms with Crippen molar-refractivity contribution in [3.63, 3.8) is 0 Å². The van der Waals surface area contributed by atoms with E-state index in [9.17, 15) is 4.79 Å². The first-order valence-corrected chi connectivity index (χ1v) is 4.64. The topological polar surface area (TPSA) is 56.0 Å². The quantitative estimate of drug-likeness (QED) is 0.776. The highest BCUT2D eigenvalue weighted by molar-refractivity contribution is 5.92. The molecule has 0 aromatic carbocycles. The van der Waals surface area contributed by atoms with Gasteiger partial charge in [-0.25, -0.2) is 0 Å². The Morgan fingerprint density at radius 2 is 2.14 bits per heavy atom. The number of amides is 1. The lowest BCUT2D eigenvalue weighted by Gasteiger charge is -2.18. The molecule has 76 valence electrons. The zero-order valence-corrected chi connectivity index (χ0v) is 8.87. The van der Waals surface area contributed by atoms with Crippen LogP contribution in [-0.4, -0.2) is 10.9 Å². The van der Waals surface area contributed by atoms with Gasteiger partial charge in [0.2, 0.25) is 0 Å². The molecule has 1 rings (SSSR count). The van der Waals surface area contributed by atoms with Crippen LogP contribution in [0.25, 0.3) is 0 Å². The third-order valence-electron chi connectivity index (χ3n) is 1.85. The zero-order chi connectivity index (χ0) is 10.8. The smallest absolute Gasteiger partial charge is 0.267 e. The molecule has 0 aliphatic rings. The first-order chi connectivity index (χ1) is 6.40. The molecule has 0 fully saturated rings. The molecule has 1 heterocycles. The summed E-state index contributed by atoms with van der Waals surface area (Å²) in [5.41, 5.74) is 6.68. The number of pyridine rings is 1. The average molecular weight is 192 g/mol. The van der Waals surface area contributed by atoms with E-state index in [2.05, 4.69) is 25.8 Å². The van der Waals surface area contributed by atoms with E-state index in [4.69, 9.17) is 5.73 Å². The van der Waals surface area contributed by atoms with Crippen LogP contribution in [0, 0.1) is 5.41 Å². The third-order valence-corrected chi connectivity index (χ3v) is 1.85. The molecule has 0 saturated carbocycles. The molecule has 0 aliphatic heterocycles. The summed E-state index contributed by atoms with van der Waals surface area (Å²) >= 11 is 0. The maximum atomic E-state index is 11.1. The number of aromatic nitrogens is 1. The van der Waals surface area contributed by atoms with Crippen molar-refractivity contribution in [1.29, 1.82) is 0 Å². The van der Waals surface area contributed by atoms with Crippen molar-refractivity contribution >= 4 is 5.91 Å². The minimum Gasteiger partial charge on any atom is -0.364 e. The van der Waals surface area contributed by atoms with E-state index in [1.165, 1.54) is 0 Å². The molecular weight excluding hydrogens is 176 g/mol. The second-order valence-electron chi connectivity index (χ2n) is 4.61. The molecule has 14 heavy (non-hydrogen) atoms. The summed E-state index contributed by atoms with van der Waals surface area (Å²) in [4.78, 5) is 15.1. The van der Waals surface area contributed by atoms with Crippen molar-refractivity contribution in [3.05, 3.63) is 29.6 Å². The van der Waals surface area contributed by atoms with Gasteiger partial charge in [-0.2, -0.15) is 0 Å².